The summed E-state index contributed by atoms with van der Waals surface area (Å²) in [6.07, 6.45) is 6.99. The molecule has 1 atom stereocenters. The van der Waals surface area contributed by atoms with Gasteiger partial charge in [-0.05, 0) is 88.0 Å². The first-order valence-corrected chi connectivity index (χ1v) is 9.59. The first-order chi connectivity index (χ1) is 10.2. The number of piperidine rings is 2. The Morgan fingerprint density at radius 3 is 2.05 bits per heavy atom. The molecule has 1 unspecified atom stereocenters. The Morgan fingerprint density at radius 1 is 0.864 bits per heavy atom. The maximum absolute atomic E-state index is 2.73. The van der Waals surface area contributed by atoms with E-state index in [1.54, 1.807) is 0 Å². The Hall–Kier alpha value is -0.0800. The quantitative estimate of drug-likeness (QED) is 0.754. The molecule has 130 valence electrons. The Kier molecular flexibility index (Phi) is 5.99. The van der Waals surface area contributed by atoms with Gasteiger partial charge in [-0.25, -0.2) is 0 Å². The van der Waals surface area contributed by atoms with E-state index in [0.717, 1.165) is 11.8 Å². The zero-order valence-corrected chi connectivity index (χ0v) is 16.1. The predicted octanol–water partition coefficient (Wildman–Crippen LogP) is 4.50. The number of hydrogen-bond donors (Lipinski definition) is 0. The van der Waals surface area contributed by atoms with Crippen LogP contribution in [0, 0.1) is 22.7 Å². The minimum Gasteiger partial charge on any atom is -0.306 e. The lowest BCUT2D eigenvalue weighted by atomic mass is 9.72. The summed E-state index contributed by atoms with van der Waals surface area (Å²) in [7, 11) is 2.29. The summed E-state index contributed by atoms with van der Waals surface area (Å²) in [5.41, 5.74) is 0.994. The van der Waals surface area contributed by atoms with Crippen molar-refractivity contribution >= 4 is 0 Å². The fraction of sp³-hybridized carbons (Fsp3) is 1.00. The zero-order valence-electron chi connectivity index (χ0n) is 16.1. The normalized spacial score (nSPS) is 27.3. The lowest BCUT2D eigenvalue weighted by Gasteiger charge is -2.43. The Labute approximate surface area is 139 Å². The van der Waals surface area contributed by atoms with Gasteiger partial charge in [0.2, 0.25) is 0 Å². The third kappa shape index (κ3) is 4.96. The van der Waals surface area contributed by atoms with Crippen LogP contribution in [0.3, 0.4) is 0 Å². The average Bonchev–Trinajstić information content (AvgIpc) is 2.45. The fourth-order valence-corrected chi connectivity index (χ4v) is 4.48. The van der Waals surface area contributed by atoms with E-state index in [2.05, 4.69) is 51.5 Å². The molecule has 0 radical (unpaired) electrons. The SMILES string of the molecule is CN1CCCC(C(C)(C)CCN2CCC(C(C)(C)C)CC2)C1. The predicted molar refractivity (Wildman–Crippen MR) is 97.2 cm³/mol. The van der Waals surface area contributed by atoms with Gasteiger partial charge in [0.25, 0.3) is 0 Å². The number of rotatable bonds is 4. The number of nitrogens with zero attached hydrogens (tertiary/aromatic N) is 2. The lowest BCUT2D eigenvalue weighted by molar-refractivity contribution is 0.0672. The van der Waals surface area contributed by atoms with Crippen LogP contribution in [0.4, 0.5) is 0 Å². The molecule has 0 aliphatic carbocycles. The van der Waals surface area contributed by atoms with Crippen LogP contribution in [0.2, 0.25) is 0 Å². The van der Waals surface area contributed by atoms with Crippen molar-refractivity contribution in [1.82, 2.24) is 9.80 Å². The van der Waals surface area contributed by atoms with E-state index in [1.807, 2.05) is 0 Å². The summed E-state index contributed by atoms with van der Waals surface area (Å²) < 4.78 is 0. The fourth-order valence-electron chi connectivity index (χ4n) is 4.48. The average molecular weight is 309 g/mol. The topological polar surface area (TPSA) is 6.48 Å². The van der Waals surface area contributed by atoms with Crippen LogP contribution in [0.25, 0.3) is 0 Å². The summed E-state index contributed by atoms with van der Waals surface area (Å²) >= 11 is 0. The minimum absolute atomic E-state index is 0.496. The second kappa shape index (κ2) is 7.21. The smallest absolute Gasteiger partial charge is 0.00117 e. The first-order valence-electron chi connectivity index (χ1n) is 9.59. The summed E-state index contributed by atoms with van der Waals surface area (Å²) in [4.78, 5) is 5.27. The highest BCUT2D eigenvalue weighted by Gasteiger charge is 2.33. The van der Waals surface area contributed by atoms with E-state index in [1.165, 1.54) is 64.8 Å². The Morgan fingerprint density at radius 2 is 1.50 bits per heavy atom. The second-order valence-electron chi connectivity index (χ2n) is 9.82. The van der Waals surface area contributed by atoms with Crippen molar-refractivity contribution in [2.24, 2.45) is 22.7 Å². The van der Waals surface area contributed by atoms with Gasteiger partial charge >= 0.3 is 0 Å². The van der Waals surface area contributed by atoms with Gasteiger partial charge in [-0.2, -0.15) is 0 Å². The number of likely N-dealkylation sites (tertiary alicyclic amines) is 2. The van der Waals surface area contributed by atoms with Gasteiger partial charge in [-0.3, -0.25) is 0 Å². The minimum atomic E-state index is 0.496. The molecule has 0 N–H and O–H groups in total. The van der Waals surface area contributed by atoms with Gasteiger partial charge in [0.15, 0.2) is 0 Å². The van der Waals surface area contributed by atoms with Crippen molar-refractivity contribution in [3.63, 3.8) is 0 Å². The highest BCUT2D eigenvalue weighted by Crippen LogP contribution is 2.38. The summed E-state index contributed by atoms with van der Waals surface area (Å²) in [6.45, 7) is 18.8. The molecule has 0 aromatic carbocycles. The van der Waals surface area contributed by atoms with Crippen LogP contribution in [-0.2, 0) is 0 Å². The zero-order chi connectivity index (χ0) is 16.4. The van der Waals surface area contributed by atoms with Crippen molar-refractivity contribution in [1.29, 1.82) is 0 Å². The van der Waals surface area contributed by atoms with Gasteiger partial charge in [0, 0.05) is 6.54 Å². The highest BCUT2D eigenvalue weighted by atomic mass is 15.1. The molecule has 0 amide bonds. The molecule has 2 heterocycles. The molecule has 22 heavy (non-hydrogen) atoms. The molecule has 2 fully saturated rings. The molecule has 0 aromatic rings. The largest absolute Gasteiger partial charge is 0.306 e. The third-order valence-electron chi connectivity index (χ3n) is 6.61. The standard InChI is InChI=1S/C20H40N2/c1-19(2,3)17-9-13-22(14-10-17)15-11-20(4,5)18-8-7-12-21(6)16-18/h17-18H,7-16H2,1-6H3. The van der Waals surface area contributed by atoms with E-state index in [9.17, 15) is 0 Å². The molecule has 2 rings (SSSR count). The molecule has 0 aromatic heterocycles. The third-order valence-corrected chi connectivity index (χ3v) is 6.61. The molecule has 2 heteroatoms. The van der Waals surface area contributed by atoms with Gasteiger partial charge in [-0.1, -0.05) is 34.6 Å². The van der Waals surface area contributed by atoms with E-state index >= 15 is 0 Å². The van der Waals surface area contributed by atoms with Crippen LogP contribution < -0.4 is 0 Å². The van der Waals surface area contributed by atoms with Crippen LogP contribution in [0.15, 0.2) is 0 Å². The summed E-state index contributed by atoms with van der Waals surface area (Å²) in [5.74, 6) is 1.81. The molecule has 0 bridgehead atoms. The van der Waals surface area contributed by atoms with Crippen LogP contribution in [-0.4, -0.2) is 49.6 Å². The lowest BCUT2D eigenvalue weighted by Crippen LogP contribution is -2.43. The van der Waals surface area contributed by atoms with Gasteiger partial charge in [0.1, 0.15) is 0 Å². The van der Waals surface area contributed by atoms with Gasteiger partial charge in [0.05, 0.1) is 0 Å². The molecule has 2 saturated heterocycles. The van der Waals surface area contributed by atoms with Crippen LogP contribution in [0.1, 0.15) is 66.7 Å². The van der Waals surface area contributed by atoms with E-state index in [0.29, 0.717) is 10.8 Å². The van der Waals surface area contributed by atoms with Crippen molar-refractivity contribution in [3.05, 3.63) is 0 Å². The van der Waals surface area contributed by atoms with E-state index < -0.39 is 0 Å². The second-order valence-corrected chi connectivity index (χ2v) is 9.82. The maximum atomic E-state index is 2.73. The van der Waals surface area contributed by atoms with Crippen LogP contribution >= 0.6 is 0 Å². The van der Waals surface area contributed by atoms with Crippen molar-refractivity contribution in [2.45, 2.75) is 66.7 Å². The monoisotopic (exact) mass is 308 g/mol. The first kappa shape index (κ1) is 18.3. The van der Waals surface area contributed by atoms with Gasteiger partial charge < -0.3 is 9.80 Å². The van der Waals surface area contributed by atoms with Crippen molar-refractivity contribution in [2.75, 3.05) is 39.8 Å². The maximum Gasteiger partial charge on any atom is 0.00117 e. The molecular weight excluding hydrogens is 268 g/mol. The number of hydrogen-bond acceptors (Lipinski definition) is 2. The molecule has 2 aliphatic heterocycles. The molecule has 0 spiro atoms. The molecule has 2 aliphatic rings. The summed E-state index contributed by atoms with van der Waals surface area (Å²) in [6, 6.07) is 0. The Balaban J connectivity index is 1.76. The molecule has 2 nitrogen and oxygen atoms in total. The highest BCUT2D eigenvalue weighted by molar-refractivity contribution is 4.86. The van der Waals surface area contributed by atoms with Crippen molar-refractivity contribution < 1.29 is 0 Å². The summed E-state index contributed by atoms with van der Waals surface area (Å²) in [5, 5.41) is 0. The van der Waals surface area contributed by atoms with E-state index in [-0.39, 0.29) is 0 Å². The van der Waals surface area contributed by atoms with Gasteiger partial charge in [-0.15, -0.1) is 0 Å². The van der Waals surface area contributed by atoms with Crippen molar-refractivity contribution in [3.8, 4) is 0 Å². The molecular formula is C20H40N2. The van der Waals surface area contributed by atoms with E-state index in [4.69, 9.17) is 0 Å². The Bertz CT molecular complexity index is 334. The van der Waals surface area contributed by atoms with Crippen LogP contribution in [0.5, 0.6) is 0 Å². The molecule has 0 saturated carbocycles.